The number of hydrogen-bond acceptors (Lipinski definition) is 4. The van der Waals surface area contributed by atoms with Crippen LogP contribution in [0.25, 0.3) is 0 Å². The van der Waals surface area contributed by atoms with E-state index < -0.39 is 0 Å². The average molecular weight is 359 g/mol. The summed E-state index contributed by atoms with van der Waals surface area (Å²) in [6.07, 6.45) is 2.34. The summed E-state index contributed by atoms with van der Waals surface area (Å²) in [6, 6.07) is 8.23. The van der Waals surface area contributed by atoms with Crippen molar-refractivity contribution in [3.05, 3.63) is 35.4 Å². The van der Waals surface area contributed by atoms with Crippen LogP contribution < -0.4 is 5.73 Å². The molecule has 2 heterocycles. The Morgan fingerprint density at radius 2 is 1.91 bits per heavy atom. The van der Waals surface area contributed by atoms with E-state index in [1.807, 2.05) is 40.6 Å². The topological polar surface area (TPSA) is 46.3 Å². The largest absolute Gasteiger partial charge is 0.338 e. The summed E-state index contributed by atoms with van der Waals surface area (Å²) in [4.78, 5) is 14.4. The maximum absolute atomic E-state index is 12.5. The Morgan fingerprint density at radius 1 is 1.23 bits per heavy atom. The lowest BCUT2D eigenvalue weighted by Crippen LogP contribution is -2.29. The van der Waals surface area contributed by atoms with Crippen molar-refractivity contribution < 1.29 is 4.79 Å². The Labute approximate surface area is 147 Å². The van der Waals surface area contributed by atoms with Crippen molar-refractivity contribution >= 4 is 41.8 Å². The number of carbonyl (C=O) groups excluding carboxylic acids is 1. The Morgan fingerprint density at radius 3 is 2.50 bits per heavy atom. The lowest BCUT2D eigenvalue weighted by atomic mass is 10.1. The number of nitrogens with zero attached hydrogens (tertiary/aromatic N) is 1. The van der Waals surface area contributed by atoms with Gasteiger partial charge >= 0.3 is 0 Å². The molecule has 1 aromatic carbocycles. The number of halogens is 1. The van der Waals surface area contributed by atoms with Crippen molar-refractivity contribution in [3.8, 4) is 0 Å². The van der Waals surface area contributed by atoms with E-state index in [-0.39, 0.29) is 18.3 Å². The van der Waals surface area contributed by atoms with Crippen molar-refractivity contribution in [1.82, 2.24) is 4.90 Å². The molecule has 2 aliphatic heterocycles. The molecule has 3 nitrogen and oxygen atoms in total. The standard InChI is InChI=1S/C16H22N2OS2.ClH/c17-10-12-6-7-18(11-12)15(19)13-2-4-14(5-3-13)16-20-8-1-9-21-16;/h2-5,12,16H,1,6-11,17H2;1H. The van der Waals surface area contributed by atoms with Crippen LogP contribution in [0.15, 0.2) is 24.3 Å². The molecular formula is C16H23ClN2OS2. The Hall–Kier alpha value is -0.360. The Balaban J connectivity index is 0.00000176. The minimum atomic E-state index is 0. The fourth-order valence-electron chi connectivity index (χ4n) is 2.86. The highest BCUT2D eigenvalue weighted by Gasteiger charge is 2.26. The van der Waals surface area contributed by atoms with Crippen molar-refractivity contribution in [2.45, 2.75) is 17.4 Å². The predicted molar refractivity (Wildman–Crippen MR) is 99.0 cm³/mol. The van der Waals surface area contributed by atoms with Gasteiger partial charge in [-0.15, -0.1) is 35.9 Å². The number of hydrogen-bond donors (Lipinski definition) is 1. The summed E-state index contributed by atoms with van der Waals surface area (Å²) >= 11 is 4.03. The van der Waals surface area contributed by atoms with E-state index in [1.165, 1.54) is 23.5 Å². The molecule has 0 saturated carbocycles. The van der Waals surface area contributed by atoms with Crippen LogP contribution in [0.3, 0.4) is 0 Å². The van der Waals surface area contributed by atoms with E-state index >= 15 is 0 Å². The highest BCUT2D eigenvalue weighted by molar-refractivity contribution is 8.16. The minimum Gasteiger partial charge on any atom is -0.338 e. The molecule has 2 saturated heterocycles. The zero-order chi connectivity index (χ0) is 14.7. The summed E-state index contributed by atoms with van der Waals surface area (Å²) < 4.78 is 0.538. The first kappa shape index (κ1) is 18.0. The van der Waals surface area contributed by atoms with Gasteiger partial charge in [0, 0.05) is 18.7 Å². The smallest absolute Gasteiger partial charge is 0.253 e. The molecule has 0 aliphatic carbocycles. The number of benzene rings is 1. The number of likely N-dealkylation sites (tertiary alicyclic amines) is 1. The molecule has 0 aromatic heterocycles. The van der Waals surface area contributed by atoms with Crippen LogP contribution in [0.4, 0.5) is 0 Å². The molecule has 2 N–H and O–H groups in total. The van der Waals surface area contributed by atoms with Gasteiger partial charge in [-0.25, -0.2) is 0 Å². The van der Waals surface area contributed by atoms with E-state index in [0.717, 1.165) is 25.1 Å². The van der Waals surface area contributed by atoms with Crippen LogP contribution in [0.2, 0.25) is 0 Å². The third kappa shape index (κ3) is 4.13. The zero-order valence-corrected chi connectivity index (χ0v) is 15.0. The maximum Gasteiger partial charge on any atom is 0.253 e. The fraction of sp³-hybridized carbons (Fsp3) is 0.562. The predicted octanol–water partition coefficient (Wildman–Crippen LogP) is 3.40. The molecule has 0 radical (unpaired) electrons. The highest BCUT2D eigenvalue weighted by Crippen LogP contribution is 2.43. The third-order valence-corrected chi connectivity index (χ3v) is 7.18. The number of amides is 1. The summed E-state index contributed by atoms with van der Waals surface area (Å²) in [5, 5.41) is 0. The normalized spacial score (nSPS) is 22.4. The maximum atomic E-state index is 12.5. The van der Waals surface area contributed by atoms with E-state index in [4.69, 9.17) is 5.73 Å². The second-order valence-corrected chi connectivity index (χ2v) is 8.42. The number of nitrogens with two attached hydrogens (primary N) is 1. The monoisotopic (exact) mass is 358 g/mol. The lowest BCUT2D eigenvalue weighted by molar-refractivity contribution is 0.0787. The van der Waals surface area contributed by atoms with Gasteiger partial charge in [0.1, 0.15) is 0 Å². The average Bonchev–Trinajstić information content (AvgIpc) is 3.04. The van der Waals surface area contributed by atoms with E-state index in [2.05, 4.69) is 12.1 Å². The molecule has 1 unspecified atom stereocenters. The minimum absolute atomic E-state index is 0. The van der Waals surface area contributed by atoms with E-state index in [1.54, 1.807) is 0 Å². The molecule has 1 atom stereocenters. The van der Waals surface area contributed by atoms with Gasteiger partial charge in [-0.05, 0) is 54.5 Å². The van der Waals surface area contributed by atoms with Crippen LogP contribution in [0.1, 0.15) is 33.3 Å². The van der Waals surface area contributed by atoms with Crippen molar-refractivity contribution in [1.29, 1.82) is 0 Å². The molecule has 1 aromatic rings. The van der Waals surface area contributed by atoms with Crippen LogP contribution >= 0.6 is 35.9 Å². The van der Waals surface area contributed by atoms with E-state index in [0.29, 0.717) is 17.0 Å². The van der Waals surface area contributed by atoms with Crippen LogP contribution in [-0.2, 0) is 0 Å². The van der Waals surface area contributed by atoms with Gasteiger partial charge in [0.25, 0.3) is 5.91 Å². The molecule has 2 fully saturated rings. The quantitative estimate of drug-likeness (QED) is 0.899. The molecule has 22 heavy (non-hydrogen) atoms. The first-order chi connectivity index (χ1) is 10.3. The molecule has 0 bridgehead atoms. The summed E-state index contributed by atoms with van der Waals surface area (Å²) in [6.45, 7) is 2.33. The second-order valence-electron chi connectivity index (χ2n) is 5.69. The van der Waals surface area contributed by atoms with Crippen molar-refractivity contribution in [2.75, 3.05) is 31.1 Å². The Bertz CT molecular complexity index is 491. The second kappa shape index (κ2) is 8.48. The SMILES string of the molecule is Cl.NCC1CCN(C(=O)c2ccc(C3SCCCS3)cc2)C1. The summed E-state index contributed by atoms with van der Waals surface area (Å²) in [5.41, 5.74) is 7.84. The van der Waals surface area contributed by atoms with Gasteiger partial charge in [0.15, 0.2) is 0 Å². The fourth-order valence-corrected chi connectivity index (χ4v) is 5.75. The number of rotatable bonds is 3. The van der Waals surface area contributed by atoms with Crippen molar-refractivity contribution in [2.24, 2.45) is 11.7 Å². The van der Waals surface area contributed by atoms with Gasteiger partial charge in [0.05, 0.1) is 4.58 Å². The lowest BCUT2D eigenvalue weighted by Gasteiger charge is -2.21. The van der Waals surface area contributed by atoms with Crippen LogP contribution in [0.5, 0.6) is 0 Å². The summed E-state index contributed by atoms with van der Waals surface area (Å²) in [7, 11) is 0. The first-order valence-electron chi connectivity index (χ1n) is 7.60. The van der Waals surface area contributed by atoms with Gasteiger partial charge in [0.2, 0.25) is 0 Å². The zero-order valence-electron chi connectivity index (χ0n) is 12.6. The summed E-state index contributed by atoms with van der Waals surface area (Å²) in [5.74, 6) is 3.11. The molecule has 3 rings (SSSR count). The van der Waals surface area contributed by atoms with E-state index in [9.17, 15) is 4.79 Å². The van der Waals surface area contributed by atoms with Crippen LogP contribution in [-0.4, -0.2) is 41.9 Å². The first-order valence-corrected chi connectivity index (χ1v) is 9.70. The molecule has 122 valence electrons. The van der Waals surface area contributed by atoms with Gasteiger partial charge in [-0.1, -0.05) is 12.1 Å². The van der Waals surface area contributed by atoms with Gasteiger partial charge < -0.3 is 10.6 Å². The number of carbonyl (C=O) groups is 1. The van der Waals surface area contributed by atoms with Crippen LogP contribution in [0, 0.1) is 5.92 Å². The third-order valence-electron chi connectivity index (χ3n) is 4.16. The number of thioether (sulfide) groups is 2. The van der Waals surface area contributed by atoms with Gasteiger partial charge in [-0.2, -0.15) is 0 Å². The van der Waals surface area contributed by atoms with Gasteiger partial charge in [-0.3, -0.25) is 4.79 Å². The molecule has 6 heteroatoms. The molecule has 1 amide bonds. The molecule has 0 spiro atoms. The molecular weight excluding hydrogens is 336 g/mol. The highest BCUT2D eigenvalue weighted by atomic mass is 35.5. The molecule has 2 aliphatic rings. The van der Waals surface area contributed by atoms with Crippen molar-refractivity contribution in [3.63, 3.8) is 0 Å². The Kier molecular flexibility index (Phi) is 6.93.